The number of hydrogen-bond donors (Lipinski definition) is 0. The summed E-state index contributed by atoms with van der Waals surface area (Å²) in [7, 11) is 4.71. The van der Waals surface area contributed by atoms with Crippen molar-refractivity contribution in [3.05, 3.63) is 66.1 Å². The number of aromatic nitrogens is 2. The van der Waals surface area contributed by atoms with Gasteiger partial charge < -0.3 is 18.8 Å². The molecule has 3 amide bonds. The Labute approximate surface area is 197 Å². The van der Waals surface area contributed by atoms with Gasteiger partial charge in [0, 0.05) is 38.8 Å². The van der Waals surface area contributed by atoms with E-state index in [2.05, 4.69) is 4.98 Å². The number of carbonyl (C=O) groups is 3. The average Bonchev–Trinajstić information content (AvgIpc) is 3.36. The first-order chi connectivity index (χ1) is 16.4. The lowest BCUT2D eigenvalue weighted by atomic mass is 9.75. The minimum atomic E-state index is -1.34. The van der Waals surface area contributed by atoms with E-state index in [0.29, 0.717) is 17.9 Å². The topological polar surface area (TPSA) is 93.5 Å². The number of fused-ring (bicyclic) bond motifs is 1. The van der Waals surface area contributed by atoms with Gasteiger partial charge in [-0.05, 0) is 18.2 Å². The smallest absolute Gasteiger partial charge is 0.241 e. The van der Waals surface area contributed by atoms with Gasteiger partial charge in [-0.2, -0.15) is 0 Å². The summed E-state index contributed by atoms with van der Waals surface area (Å²) < 4.78 is 12.5. The summed E-state index contributed by atoms with van der Waals surface area (Å²) in [5.74, 6) is -0.526. The number of hydrogen-bond acceptors (Lipinski definition) is 6. The first kappa shape index (κ1) is 23.4. The zero-order valence-corrected chi connectivity index (χ0v) is 19.6. The number of imidazole rings is 1. The lowest BCUT2D eigenvalue weighted by Gasteiger charge is -2.30. The molecule has 0 radical (unpaired) electrons. The second-order valence-corrected chi connectivity index (χ2v) is 8.41. The second-order valence-electron chi connectivity index (χ2n) is 8.41. The Balaban J connectivity index is 1.65. The maximum absolute atomic E-state index is 13.7. The van der Waals surface area contributed by atoms with Crippen molar-refractivity contribution in [1.82, 2.24) is 19.2 Å². The van der Waals surface area contributed by atoms with Gasteiger partial charge in [-0.1, -0.05) is 24.3 Å². The van der Waals surface area contributed by atoms with E-state index in [4.69, 9.17) is 9.47 Å². The van der Waals surface area contributed by atoms with Gasteiger partial charge in [-0.15, -0.1) is 0 Å². The molecule has 1 atom stereocenters. The van der Waals surface area contributed by atoms with Crippen LogP contribution in [0.25, 0.3) is 5.65 Å². The molecule has 4 rings (SSSR count). The number of para-hydroxylation sites is 1. The van der Waals surface area contributed by atoms with Gasteiger partial charge in [-0.3, -0.25) is 19.3 Å². The van der Waals surface area contributed by atoms with Crippen LogP contribution in [0.1, 0.15) is 24.1 Å². The van der Waals surface area contributed by atoms with Gasteiger partial charge in [0.25, 0.3) is 0 Å². The highest BCUT2D eigenvalue weighted by Crippen LogP contribution is 2.44. The Kier molecular flexibility index (Phi) is 6.65. The van der Waals surface area contributed by atoms with Crippen LogP contribution in [0, 0.1) is 0 Å². The highest BCUT2D eigenvalue weighted by molar-refractivity contribution is 6.11. The molecule has 0 N–H and O–H groups in total. The van der Waals surface area contributed by atoms with Gasteiger partial charge in [0.15, 0.2) is 0 Å². The predicted molar refractivity (Wildman–Crippen MR) is 124 cm³/mol. The average molecular weight is 465 g/mol. The molecule has 9 heteroatoms. The van der Waals surface area contributed by atoms with E-state index in [1.807, 2.05) is 28.8 Å². The van der Waals surface area contributed by atoms with Gasteiger partial charge >= 0.3 is 0 Å². The minimum absolute atomic E-state index is 0.106. The number of methoxy groups -OCH3 is 2. The first-order valence-electron chi connectivity index (χ1n) is 11.0. The molecule has 9 nitrogen and oxygen atoms in total. The number of nitrogens with zero attached hydrogens (tertiary/aromatic N) is 4. The third kappa shape index (κ3) is 4.14. The molecule has 178 valence electrons. The Hall–Kier alpha value is -3.72. The van der Waals surface area contributed by atoms with E-state index in [1.165, 1.54) is 19.1 Å². The van der Waals surface area contributed by atoms with Crippen molar-refractivity contribution in [2.45, 2.75) is 24.8 Å². The molecule has 3 heterocycles. The molecule has 1 aromatic carbocycles. The number of amides is 3. The Morgan fingerprint density at radius 2 is 1.91 bits per heavy atom. The van der Waals surface area contributed by atoms with Crippen LogP contribution in [0.4, 0.5) is 0 Å². The minimum Gasteiger partial charge on any atom is -0.496 e. The zero-order chi connectivity index (χ0) is 24.3. The normalized spacial score (nSPS) is 18.0. The summed E-state index contributed by atoms with van der Waals surface area (Å²) in [4.78, 5) is 47.2. The van der Waals surface area contributed by atoms with E-state index in [1.54, 1.807) is 42.4 Å². The van der Waals surface area contributed by atoms with Crippen molar-refractivity contribution in [3.63, 3.8) is 0 Å². The van der Waals surface area contributed by atoms with E-state index in [0.717, 1.165) is 11.3 Å². The van der Waals surface area contributed by atoms with Crippen LogP contribution in [0.2, 0.25) is 0 Å². The maximum atomic E-state index is 13.7. The fraction of sp³-hybridized carbons (Fsp3) is 0.360. The highest BCUT2D eigenvalue weighted by Gasteiger charge is 2.55. The van der Waals surface area contributed by atoms with Gasteiger partial charge in [0.05, 0.1) is 44.1 Å². The number of carbonyl (C=O) groups excluding carboxylic acids is 3. The Morgan fingerprint density at radius 1 is 1.15 bits per heavy atom. The van der Waals surface area contributed by atoms with Crippen molar-refractivity contribution in [2.75, 3.05) is 34.4 Å². The van der Waals surface area contributed by atoms with Crippen LogP contribution < -0.4 is 4.74 Å². The molecule has 1 unspecified atom stereocenters. The van der Waals surface area contributed by atoms with E-state index >= 15 is 0 Å². The number of likely N-dealkylation sites (tertiary alicyclic amines) is 1. The fourth-order valence-corrected chi connectivity index (χ4v) is 4.52. The van der Waals surface area contributed by atoms with Crippen molar-refractivity contribution < 1.29 is 23.9 Å². The van der Waals surface area contributed by atoms with Gasteiger partial charge in [0.1, 0.15) is 11.4 Å². The number of rotatable bonds is 9. The molecule has 1 aliphatic heterocycles. The van der Waals surface area contributed by atoms with Crippen molar-refractivity contribution in [2.24, 2.45) is 0 Å². The molecule has 0 bridgehead atoms. The molecule has 1 fully saturated rings. The second kappa shape index (κ2) is 9.64. The van der Waals surface area contributed by atoms with Crippen molar-refractivity contribution in [3.8, 4) is 5.75 Å². The molecule has 1 saturated heterocycles. The molecule has 0 aliphatic carbocycles. The maximum Gasteiger partial charge on any atom is 0.241 e. The third-order valence-corrected chi connectivity index (χ3v) is 6.32. The van der Waals surface area contributed by atoms with E-state index < -0.39 is 11.3 Å². The van der Waals surface area contributed by atoms with E-state index in [-0.39, 0.29) is 37.8 Å². The van der Waals surface area contributed by atoms with Crippen molar-refractivity contribution in [1.29, 1.82) is 0 Å². The highest BCUT2D eigenvalue weighted by atomic mass is 16.5. The molecule has 3 aromatic rings. The lowest BCUT2D eigenvalue weighted by Crippen LogP contribution is -2.43. The number of pyridine rings is 1. The largest absolute Gasteiger partial charge is 0.496 e. The molecular formula is C25H28N4O5. The van der Waals surface area contributed by atoms with Crippen LogP contribution in [-0.2, 0) is 31.1 Å². The lowest BCUT2D eigenvalue weighted by molar-refractivity contribution is -0.143. The van der Waals surface area contributed by atoms with Crippen LogP contribution in [-0.4, -0.2) is 71.3 Å². The summed E-state index contributed by atoms with van der Waals surface area (Å²) >= 11 is 0. The summed E-state index contributed by atoms with van der Waals surface area (Å²) in [5, 5.41) is 0. The Morgan fingerprint density at radius 3 is 2.68 bits per heavy atom. The molecule has 34 heavy (non-hydrogen) atoms. The number of benzene rings is 1. The van der Waals surface area contributed by atoms with E-state index in [9.17, 15) is 14.4 Å². The predicted octanol–water partition coefficient (Wildman–Crippen LogP) is 2.03. The molecule has 0 saturated carbocycles. The first-order valence-corrected chi connectivity index (χ1v) is 11.0. The molecule has 0 spiro atoms. The fourth-order valence-electron chi connectivity index (χ4n) is 4.52. The molecule has 1 aliphatic rings. The molecule has 2 aromatic heterocycles. The number of imide groups is 1. The van der Waals surface area contributed by atoms with Crippen LogP contribution in [0.5, 0.6) is 5.75 Å². The standard InChI is InChI=1S/C25H28N4O5/c1-27(17-18-16-26-21-10-6-7-11-28(18)21)22(30)14-25(19-8-4-5-9-20(19)34-3)15-23(31)29(24(25)32)12-13-33-2/h4-11,16H,12-15,17H2,1-3H3. The number of ether oxygens (including phenoxy) is 2. The zero-order valence-electron chi connectivity index (χ0n) is 19.6. The summed E-state index contributed by atoms with van der Waals surface area (Å²) in [6.45, 7) is 0.667. The summed E-state index contributed by atoms with van der Waals surface area (Å²) in [6, 6.07) is 12.7. The van der Waals surface area contributed by atoms with Gasteiger partial charge in [-0.25, -0.2) is 4.98 Å². The summed E-state index contributed by atoms with van der Waals surface area (Å²) in [6.07, 6.45) is 3.35. The third-order valence-electron chi connectivity index (χ3n) is 6.32. The summed E-state index contributed by atoms with van der Waals surface area (Å²) in [5.41, 5.74) is 0.817. The monoisotopic (exact) mass is 464 g/mol. The Bertz CT molecular complexity index is 1220. The van der Waals surface area contributed by atoms with Crippen LogP contribution >= 0.6 is 0 Å². The quantitative estimate of drug-likeness (QED) is 0.450. The van der Waals surface area contributed by atoms with Gasteiger partial charge in [0.2, 0.25) is 17.7 Å². The SMILES string of the molecule is COCCN1C(=O)CC(CC(=O)N(C)Cc2cnc3ccccn23)(c2ccccc2OC)C1=O. The van der Waals surface area contributed by atoms with Crippen LogP contribution in [0.3, 0.4) is 0 Å². The molecular weight excluding hydrogens is 436 g/mol. The van der Waals surface area contributed by atoms with Crippen molar-refractivity contribution >= 4 is 23.4 Å². The van der Waals surface area contributed by atoms with Crippen LogP contribution in [0.15, 0.2) is 54.9 Å².